The van der Waals surface area contributed by atoms with E-state index in [-0.39, 0.29) is 45.3 Å². The fourth-order valence-corrected chi connectivity index (χ4v) is 4.94. The SMILES string of the molecule is Cc1ccc(S(=O)(=O)n2ccc(Cl)c2-c2cc(OCc3ccccn3)c(-c3nnn[nH]3)o2)cc1. The van der Waals surface area contributed by atoms with Crippen molar-refractivity contribution in [1.29, 1.82) is 0 Å². The number of ether oxygens (including phenoxy) is 1. The average molecular weight is 497 g/mol. The van der Waals surface area contributed by atoms with Crippen molar-refractivity contribution in [3.63, 3.8) is 0 Å². The van der Waals surface area contributed by atoms with E-state index >= 15 is 0 Å². The van der Waals surface area contributed by atoms with Gasteiger partial charge in [0, 0.05) is 18.5 Å². The molecule has 0 saturated carbocycles. The Hall–Kier alpha value is -3.96. The van der Waals surface area contributed by atoms with Gasteiger partial charge in [0.15, 0.2) is 11.5 Å². The summed E-state index contributed by atoms with van der Waals surface area (Å²) in [5.41, 5.74) is 1.77. The summed E-state index contributed by atoms with van der Waals surface area (Å²) < 4.78 is 39.7. The first kappa shape index (κ1) is 21.9. The molecule has 0 bridgehead atoms. The molecule has 12 heteroatoms. The summed E-state index contributed by atoms with van der Waals surface area (Å²) in [5, 5.41) is 13.8. The first-order valence-electron chi connectivity index (χ1n) is 10.0. The maximum Gasteiger partial charge on any atom is 0.268 e. The van der Waals surface area contributed by atoms with Gasteiger partial charge in [-0.05, 0) is 47.7 Å². The summed E-state index contributed by atoms with van der Waals surface area (Å²) >= 11 is 6.41. The van der Waals surface area contributed by atoms with Gasteiger partial charge in [-0.3, -0.25) is 4.98 Å². The van der Waals surface area contributed by atoms with E-state index in [0.717, 1.165) is 9.54 Å². The van der Waals surface area contributed by atoms with E-state index in [1.807, 2.05) is 19.1 Å². The van der Waals surface area contributed by atoms with Crippen LogP contribution in [0.3, 0.4) is 0 Å². The molecule has 34 heavy (non-hydrogen) atoms. The van der Waals surface area contributed by atoms with Crippen LogP contribution >= 0.6 is 11.6 Å². The van der Waals surface area contributed by atoms with Crippen LogP contribution < -0.4 is 4.74 Å². The van der Waals surface area contributed by atoms with E-state index in [2.05, 4.69) is 25.6 Å². The van der Waals surface area contributed by atoms with Crippen molar-refractivity contribution in [3.05, 3.63) is 83.3 Å². The van der Waals surface area contributed by atoms with Crippen LogP contribution in [-0.4, -0.2) is 38.0 Å². The number of halogens is 1. The van der Waals surface area contributed by atoms with E-state index in [0.29, 0.717) is 5.69 Å². The van der Waals surface area contributed by atoms with Crippen molar-refractivity contribution in [2.75, 3.05) is 0 Å². The first-order chi connectivity index (χ1) is 16.4. The minimum Gasteiger partial charge on any atom is -0.483 e. The topological polar surface area (TPSA) is 129 Å². The highest BCUT2D eigenvalue weighted by Crippen LogP contribution is 2.40. The Morgan fingerprint density at radius 3 is 2.68 bits per heavy atom. The highest BCUT2D eigenvalue weighted by molar-refractivity contribution is 7.90. The summed E-state index contributed by atoms with van der Waals surface area (Å²) in [6.07, 6.45) is 3.03. The largest absolute Gasteiger partial charge is 0.483 e. The summed E-state index contributed by atoms with van der Waals surface area (Å²) in [7, 11) is -3.95. The lowest BCUT2D eigenvalue weighted by atomic mass is 10.2. The molecule has 0 saturated heterocycles. The van der Waals surface area contributed by atoms with Crippen molar-refractivity contribution in [3.8, 4) is 28.8 Å². The van der Waals surface area contributed by atoms with Gasteiger partial charge in [0.25, 0.3) is 10.0 Å². The number of aryl methyl sites for hydroxylation is 1. The lowest BCUT2D eigenvalue weighted by Crippen LogP contribution is -2.13. The average Bonchev–Trinajstić information content (AvgIpc) is 3.58. The van der Waals surface area contributed by atoms with Crippen LogP contribution in [-0.2, 0) is 16.6 Å². The van der Waals surface area contributed by atoms with Crippen molar-refractivity contribution < 1.29 is 17.6 Å². The zero-order chi connectivity index (χ0) is 23.7. The third-order valence-corrected chi connectivity index (χ3v) is 6.97. The predicted octanol–water partition coefficient (Wildman–Crippen LogP) is 4.10. The fourth-order valence-electron chi connectivity index (χ4n) is 3.30. The molecule has 0 aliphatic heterocycles. The molecule has 4 heterocycles. The molecular weight excluding hydrogens is 480 g/mol. The smallest absolute Gasteiger partial charge is 0.268 e. The monoisotopic (exact) mass is 496 g/mol. The van der Waals surface area contributed by atoms with Crippen molar-refractivity contribution >= 4 is 21.6 Å². The third kappa shape index (κ3) is 4.06. The molecule has 0 atom stereocenters. The van der Waals surface area contributed by atoms with Crippen LogP contribution in [0.2, 0.25) is 5.02 Å². The van der Waals surface area contributed by atoms with E-state index in [9.17, 15) is 8.42 Å². The molecule has 0 unspecified atom stereocenters. The summed E-state index contributed by atoms with van der Waals surface area (Å²) in [6, 6.07) is 15.0. The summed E-state index contributed by atoms with van der Waals surface area (Å²) in [6.45, 7) is 2.02. The lowest BCUT2D eigenvalue weighted by Gasteiger charge is -2.10. The van der Waals surface area contributed by atoms with Gasteiger partial charge in [-0.1, -0.05) is 35.4 Å². The maximum absolute atomic E-state index is 13.4. The number of aromatic amines is 1. The van der Waals surface area contributed by atoms with Crippen LogP contribution in [0.5, 0.6) is 5.75 Å². The zero-order valence-corrected chi connectivity index (χ0v) is 19.3. The molecule has 172 valence electrons. The van der Waals surface area contributed by atoms with Crippen LogP contribution in [0.25, 0.3) is 23.0 Å². The van der Waals surface area contributed by atoms with Crippen LogP contribution in [0.1, 0.15) is 11.3 Å². The van der Waals surface area contributed by atoms with Gasteiger partial charge >= 0.3 is 0 Å². The minimum atomic E-state index is -3.95. The molecule has 0 amide bonds. The second kappa shape index (κ2) is 8.76. The maximum atomic E-state index is 13.4. The molecule has 0 radical (unpaired) electrons. The van der Waals surface area contributed by atoms with Crippen LogP contribution in [0, 0.1) is 6.92 Å². The number of furan rings is 1. The normalized spacial score (nSPS) is 11.6. The van der Waals surface area contributed by atoms with Gasteiger partial charge in [-0.15, -0.1) is 5.10 Å². The number of aromatic nitrogens is 6. The number of H-pyrrole nitrogens is 1. The quantitative estimate of drug-likeness (QED) is 0.356. The van der Waals surface area contributed by atoms with Gasteiger partial charge in [0.1, 0.15) is 12.3 Å². The third-order valence-electron chi connectivity index (χ3n) is 4.97. The number of tetrazole rings is 1. The predicted molar refractivity (Wildman–Crippen MR) is 123 cm³/mol. The molecular formula is C22H17ClN6O4S. The highest BCUT2D eigenvalue weighted by atomic mass is 35.5. The second-order valence-electron chi connectivity index (χ2n) is 7.29. The fraction of sp³-hybridized carbons (Fsp3) is 0.0909. The van der Waals surface area contributed by atoms with Gasteiger partial charge in [0.05, 0.1) is 15.6 Å². The molecule has 0 aliphatic carbocycles. The van der Waals surface area contributed by atoms with E-state index in [1.165, 1.54) is 24.4 Å². The molecule has 10 nitrogen and oxygen atoms in total. The Kier molecular flexibility index (Phi) is 5.64. The standard InChI is InChI=1S/C22H17ClN6O4S/c1-14-5-7-16(8-6-14)34(30,31)29-11-9-17(23)20(29)18-12-19(21(33-18)22-25-27-28-26-22)32-13-15-4-2-3-10-24-15/h2-12H,13H2,1H3,(H,25,26,27,28). The number of rotatable bonds is 7. The Balaban J connectivity index is 1.58. The Labute approximate surface area is 199 Å². The summed E-state index contributed by atoms with van der Waals surface area (Å²) in [5.74, 6) is 0.842. The van der Waals surface area contributed by atoms with Gasteiger partial charge in [-0.25, -0.2) is 17.5 Å². The van der Waals surface area contributed by atoms with Crippen molar-refractivity contribution in [2.45, 2.75) is 18.4 Å². The Morgan fingerprint density at radius 2 is 1.97 bits per heavy atom. The van der Waals surface area contributed by atoms with Crippen molar-refractivity contribution in [1.82, 2.24) is 29.6 Å². The second-order valence-corrected chi connectivity index (χ2v) is 9.51. The number of pyridine rings is 1. The van der Waals surface area contributed by atoms with E-state index in [1.54, 1.807) is 30.5 Å². The van der Waals surface area contributed by atoms with Gasteiger partial charge < -0.3 is 9.15 Å². The number of benzene rings is 1. The van der Waals surface area contributed by atoms with Gasteiger partial charge in [-0.2, -0.15) is 0 Å². The molecule has 5 aromatic rings. The molecule has 0 aliphatic rings. The van der Waals surface area contributed by atoms with E-state index in [4.69, 9.17) is 20.8 Å². The molecule has 5 rings (SSSR count). The number of nitrogens with zero attached hydrogens (tertiary/aromatic N) is 5. The van der Waals surface area contributed by atoms with Gasteiger partial charge in [0.2, 0.25) is 11.6 Å². The number of hydrogen-bond acceptors (Lipinski definition) is 8. The Bertz CT molecular complexity index is 1530. The summed E-state index contributed by atoms with van der Waals surface area (Å²) in [4.78, 5) is 4.35. The molecule has 0 spiro atoms. The molecule has 1 aromatic carbocycles. The molecule has 0 fully saturated rings. The van der Waals surface area contributed by atoms with E-state index < -0.39 is 10.0 Å². The van der Waals surface area contributed by atoms with Crippen LogP contribution in [0.15, 0.2) is 76.3 Å². The Morgan fingerprint density at radius 1 is 1.15 bits per heavy atom. The number of nitrogens with one attached hydrogen (secondary N) is 1. The highest BCUT2D eigenvalue weighted by Gasteiger charge is 2.27. The van der Waals surface area contributed by atoms with Crippen molar-refractivity contribution in [2.24, 2.45) is 0 Å². The zero-order valence-electron chi connectivity index (χ0n) is 17.7. The first-order valence-corrected chi connectivity index (χ1v) is 11.9. The molecule has 4 aromatic heterocycles. The minimum absolute atomic E-state index is 0.115. The lowest BCUT2D eigenvalue weighted by molar-refractivity contribution is 0.299. The molecule has 1 N–H and O–H groups in total. The van der Waals surface area contributed by atoms with Crippen LogP contribution in [0.4, 0.5) is 0 Å². The number of hydrogen-bond donors (Lipinski definition) is 1.